The molecule has 0 N–H and O–H groups in total. The number of aromatic nitrogens is 2. The Balaban J connectivity index is 1.29. The number of nitrogens with zero attached hydrogens (tertiary/aromatic N) is 3. The summed E-state index contributed by atoms with van der Waals surface area (Å²) in [7, 11) is 0. The van der Waals surface area contributed by atoms with Crippen molar-refractivity contribution >= 4 is 22.9 Å². The van der Waals surface area contributed by atoms with E-state index in [0.29, 0.717) is 0 Å². The van der Waals surface area contributed by atoms with Crippen molar-refractivity contribution in [2.45, 2.75) is 19.5 Å². The van der Waals surface area contributed by atoms with E-state index in [1.54, 1.807) is 0 Å². The van der Waals surface area contributed by atoms with Crippen LogP contribution in [0.4, 0.5) is 0 Å². The second-order valence-corrected chi connectivity index (χ2v) is 8.87. The van der Waals surface area contributed by atoms with Crippen LogP contribution in [-0.2, 0) is 19.5 Å². The Kier molecular flexibility index (Phi) is 5.15. The highest BCUT2D eigenvalue weighted by Gasteiger charge is 2.19. The summed E-state index contributed by atoms with van der Waals surface area (Å²) in [4.78, 5) is 14.6. The van der Waals surface area contributed by atoms with Crippen LogP contribution in [0.25, 0.3) is 21.8 Å². The van der Waals surface area contributed by atoms with E-state index in [1.165, 1.54) is 26.6 Å². The van der Waals surface area contributed by atoms with Crippen molar-refractivity contribution in [3.63, 3.8) is 0 Å². The summed E-state index contributed by atoms with van der Waals surface area (Å²) in [6, 6.07) is 22.7. The third-order valence-electron chi connectivity index (χ3n) is 5.21. The van der Waals surface area contributed by atoms with Crippen LogP contribution in [-0.4, -0.2) is 21.4 Å². The fourth-order valence-corrected chi connectivity index (χ4v) is 4.87. The van der Waals surface area contributed by atoms with Gasteiger partial charge in [0.15, 0.2) is 5.82 Å². The van der Waals surface area contributed by atoms with Gasteiger partial charge in [0.1, 0.15) is 0 Å². The number of benzene rings is 2. The number of halogens is 1. The van der Waals surface area contributed by atoms with Crippen LogP contribution >= 0.6 is 22.9 Å². The third kappa shape index (κ3) is 4.10. The standard InChI is InChI=1S/C24H20ClN3S/c25-20-8-6-17(7-9-20)23-11-10-21(29-23)16-28-13-12-22-19(15-28)14-26-24(27-22)18-4-2-1-3-5-18/h1-11,14H,12-13,15-16H2. The van der Waals surface area contributed by atoms with E-state index in [2.05, 4.69) is 46.3 Å². The minimum Gasteiger partial charge on any atom is -0.293 e. The van der Waals surface area contributed by atoms with Crippen molar-refractivity contribution in [3.8, 4) is 21.8 Å². The predicted molar refractivity (Wildman–Crippen MR) is 120 cm³/mol. The van der Waals surface area contributed by atoms with Gasteiger partial charge in [0.05, 0.1) is 5.69 Å². The highest BCUT2D eigenvalue weighted by atomic mass is 35.5. The molecule has 29 heavy (non-hydrogen) atoms. The van der Waals surface area contributed by atoms with Crippen LogP contribution in [0, 0.1) is 0 Å². The Bertz CT molecular complexity index is 1120. The zero-order chi connectivity index (χ0) is 19.6. The average molecular weight is 418 g/mol. The van der Waals surface area contributed by atoms with Gasteiger partial charge in [0, 0.05) is 58.2 Å². The first kappa shape index (κ1) is 18.5. The molecule has 0 atom stereocenters. The molecule has 0 fully saturated rings. The van der Waals surface area contributed by atoms with E-state index in [1.807, 2.05) is 47.9 Å². The molecular formula is C24H20ClN3S. The van der Waals surface area contributed by atoms with E-state index >= 15 is 0 Å². The SMILES string of the molecule is Clc1ccc(-c2ccc(CN3CCc4nc(-c5ccccc5)ncc4C3)s2)cc1. The van der Waals surface area contributed by atoms with Gasteiger partial charge in [-0.1, -0.05) is 54.1 Å². The Morgan fingerprint density at radius 2 is 1.76 bits per heavy atom. The molecule has 5 heteroatoms. The van der Waals surface area contributed by atoms with Crippen molar-refractivity contribution < 1.29 is 0 Å². The fourth-order valence-electron chi connectivity index (χ4n) is 3.69. The fraction of sp³-hybridized carbons (Fsp3) is 0.167. The summed E-state index contributed by atoms with van der Waals surface area (Å²) >= 11 is 7.86. The van der Waals surface area contributed by atoms with E-state index in [4.69, 9.17) is 16.6 Å². The van der Waals surface area contributed by atoms with Crippen LogP contribution in [0.15, 0.2) is 72.9 Å². The normalized spacial score (nSPS) is 14.0. The molecule has 0 amide bonds. The Morgan fingerprint density at radius 1 is 0.931 bits per heavy atom. The molecule has 0 saturated heterocycles. The molecule has 0 unspecified atom stereocenters. The third-order valence-corrected chi connectivity index (χ3v) is 6.59. The molecule has 0 aliphatic carbocycles. The first-order valence-electron chi connectivity index (χ1n) is 9.72. The van der Waals surface area contributed by atoms with Gasteiger partial charge in [-0.25, -0.2) is 9.97 Å². The van der Waals surface area contributed by atoms with E-state index in [-0.39, 0.29) is 0 Å². The lowest BCUT2D eigenvalue weighted by Gasteiger charge is -2.27. The second-order valence-electron chi connectivity index (χ2n) is 7.27. The van der Waals surface area contributed by atoms with Gasteiger partial charge in [-0.3, -0.25) is 4.90 Å². The Morgan fingerprint density at radius 3 is 2.59 bits per heavy atom. The minimum absolute atomic E-state index is 0.773. The van der Waals surface area contributed by atoms with Gasteiger partial charge in [-0.05, 0) is 29.8 Å². The van der Waals surface area contributed by atoms with Gasteiger partial charge >= 0.3 is 0 Å². The predicted octanol–water partition coefficient (Wildman–Crippen LogP) is 6.08. The highest BCUT2D eigenvalue weighted by Crippen LogP contribution is 2.30. The summed E-state index contributed by atoms with van der Waals surface area (Å²) in [6.45, 7) is 2.88. The lowest BCUT2D eigenvalue weighted by Crippen LogP contribution is -2.30. The quantitative estimate of drug-likeness (QED) is 0.402. The highest BCUT2D eigenvalue weighted by molar-refractivity contribution is 7.15. The van der Waals surface area contributed by atoms with Crippen molar-refractivity contribution in [2.24, 2.45) is 0 Å². The average Bonchev–Trinajstić information content (AvgIpc) is 3.23. The van der Waals surface area contributed by atoms with Crippen molar-refractivity contribution in [1.82, 2.24) is 14.9 Å². The molecule has 1 aliphatic heterocycles. The number of hydrogen-bond acceptors (Lipinski definition) is 4. The van der Waals surface area contributed by atoms with E-state index in [0.717, 1.165) is 42.5 Å². The van der Waals surface area contributed by atoms with Crippen LogP contribution in [0.1, 0.15) is 16.1 Å². The topological polar surface area (TPSA) is 29.0 Å². The van der Waals surface area contributed by atoms with Crippen LogP contribution < -0.4 is 0 Å². The molecule has 5 rings (SSSR count). The molecular weight excluding hydrogens is 398 g/mol. The van der Waals surface area contributed by atoms with Crippen LogP contribution in [0.5, 0.6) is 0 Å². The molecule has 0 radical (unpaired) electrons. The molecule has 3 heterocycles. The molecule has 2 aromatic carbocycles. The maximum absolute atomic E-state index is 6.01. The van der Waals surface area contributed by atoms with Gasteiger partial charge in [0.25, 0.3) is 0 Å². The van der Waals surface area contributed by atoms with E-state index in [9.17, 15) is 0 Å². The summed E-state index contributed by atoms with van der Waals surface area (Å²) in [5, 5.41) is 0.773. The number of thiophene rings is 1. The largest absolute Gasteiger partial charge is 0.293 e. The van der Waals surface area contributed by atoms with Crippen LogP contribution in [0.2, 0.25) is 5.02 Å². The molecule has 1 aliphatic rings. The lowest BCUT2D eigenvalue weighted by atomic mass is 10.1. The molecule has 3 nitrogen and oxygen atoms in total. The molecule has 144 valence electrons. The van der Waals surface area contributed by atoms with Gasteiger partial charge < -0.3 is 0 Å². The lowest BCUT2D eigenvalue weighted by molar-refractivity contribution is 0.245. The summed E-state index contributed by atoms with van der Waals surface area (Å²) in [6.07, 6.45) is 2.97. The molecule has 2 aromatic heterocycles. The molecule has 0 spiro atoms. The summed E-state index contributed by atoms with van der Waals surface area (Å²) in [5.41, 5.74) is 4.72. The smallest absolute Gasteiger partial charge is 0.159 e. The zero-order valence-corrected chi connectivity index (χ0v) is 17.5. The minimum atomic E-state index is 0.773. The molecule has 0 bridgehead atoms. The maximum atomic E-state index is 6.01. The van der Waals surface area contributed by atoms with Crippen molar-refractivity contribution in [1.29, 1.82) is 0 Å². The Labute approximate surface area is 179 Å². The number of fused-ring (bicyclic) bond motifs is 1. The Hall–Kier alpha value is -2.53. The second kappa shape index (κ2) is 8.07. The van der Waals surface area contributed by atoms with Gasteiger partial charge in [-0.15, -0.1) is 11.3 Å². The van der Waals surface area contributed by atoms with Crippen molar-refractivity contribution in [3.05, 3.63) is 94.1 Å². The zero-order valence-electron chi connectivity index (χ0n) is 15.9. The van der Waals surface area contributed by atoms with Crippen molar-refractivity contribution in [2.75, 3.05) is 6.54 Å². The summed E-state index contributed by atoms with van der Waals surface area (Å²) < 4.78 is 0. The number of hydrogen-bond donors (Lipinski definition) is 0. The molecule has 0 saturated carbocycles. The first-order chi connectivity index (χ1) is 14.2. The number of rotatable bonds is 4. The maximum Gasteiger partial charge on any atom is 0.159 e. The van der Waals surface area contributed by atoms with E-state index < -0.39 is 0 Å². The monoisotopic (exact) mass is 417 g/mol. The van der Waals surface area contributed by atoms with Crippen LogP contribution in [0.3, 0.4) is 0 Å². The van der Waals surface area contributed by atoms with Gasteiger partial charge in [-0.2, -0.15) is 0 Å². The summed E-state index contributed by atoms with van der Waals surface area (Å²) in [5.74, 6) is 0.823. The molecule has 4 aromatic rings. The van der Waals surface area contributed by atoms with Gasteiger partial charge in [0.2, 0.25) is 0 Å². The first-order valence-corrected chi connectivity index (χ1v) is 10.9.